The van der Waals surface area contributed by atoms with Crippen LogP contribution in [-0.4, -0.2) is 6.04 Å². The first-order valence-corrected chi connectivity index (χ1v) is 4.12. The molecule has 0 radical (unpaired) electrons. The van der Waals surface area contributed by atoms with Crippen LogP contribution in [0.4, 0.5) is 0 Å². The molecule has 0 saturated heterocycles. The first kappa shape index (κ1) is 11.5. The second-order valence-electron chi connectivity index (χ2n) is 2.86. The minimum Gasteiger partial charge on any atom is -0.327 e. The number of hydrogen-bond donors (Lipinski definition) is 1. The summed E-state index contributed by atoms with van der Waals surface area (Å²) in [6.45, 7) is 2.12. The van der Waals surface area contributed by atoms with E-state index < -0.39 is 0 Å². The number of nitrogens with two attached hydrogens (primary N) is 1. The van der Waals surface area contributed by atoms with Gasteiger partial charge in [-0.1, -0.05) is 37.3 Å². The van der Waals surface area contributed by atoms with Crippen LogP contribution < -0.4 is 5.73 Å². The molecule has 12 heavy (non-hydrogen) atoms. The van der Waals surface area contributed by atoms with Gasteiger partial charge in [-0.25, -0.2) is 0 Å². The minimum absolute atomic E-state index is 0. The number of rotatable bonds is 3. The second kappa shape index (κ2) is 6.04. The number of halogens is 1. The molecule has 0 unspecified atom stereocenters. The fourth-order valence-corrected chi connectivity index (χ4v) is 1.06. The van der Waals surface area contributed by atoms with E-state index in [1.54, 1.807) is 0 Å². The lowest BCUT2D eigenvalue weighted by Gasteiger charge is -2.07. The van der Waals surface area contributed by atoms with Crippen molar-refractivity contribution in [2.75, 3.05) is 0 Å². The first-order chi connectivity index (χ1) is 5.33. The van der Waals surface area contributed by atoms with E-state index in [0.29, 0.717) is 6.04 Å². The summed E-state index contributed by atoms with van der Waals surface area (Å²) < 4.78 is 0. The zero-order valence-corrected chi connectivity index (χ0v) is 8.18. The van der Waals surface area contributed by atoms with Crippen LogP contribution >= 0.6 is 12.4 Å². The largest absolute Gasteiger partial charge is 0.327 e. The Labute approximate surface area is 80.4 Å². The molecule has 0 aliphatic heterocycles. The highest BCUT2D eigenvalue weighted by molar-refractivity contribution is 5.85. The van der Waals surface area contributed by atoms with Gasteiger partial charge in [0.1, 0.15) is 0 Å². The third-order valence-electron chi connectivity index (χ3n) is 1.87. The van der Waals surface area contributed by atoms with E-state index in [4.69, 9.17) is 5.73 Å². The van der Waals surface area contributed by atoms with Gasteiger partial charge in [-0.05, 0) is 18.4 Å². The van der Waals surface area contributed by atoms with Crippen LogP contribution in [-0.2, 0) is 6.42 Å². The summed E-state index contributed by atoms with van der Waals surface area (Å²) in [5.74, 6) is 0. The minimum atomic E-state index is 0. The van der Waals surface area contributed by atoms with Gasteiger partial charge >= 0.3 is 0 Å². The van der Waals surface area contributed by atoms with E-state index in [1.165, 1.54) is 5.56 Å². The summed E-state index contributed by atoms with van der Waals surface area (Å²) in [6, 6.07) is 10.7. The molecule has 1 nitrogen and oxygen atoms in total. The van der Waals surface area contributed by atoms with Crippen molar-refractivity contribution in [2.45, 2.75) is 25.8 Å². The lowest BCUT2D eigenvalue weighted by Crippen LogP contribution is -2.21. The molecule has 1 atom stereocenters. The maximum atomic E-state index is 5.80. The monoisotopic (exact) mass is 185 g/mol. The Morgan fingerprint density at radius 3 is 2.33 bits per heavy atom. The summed E-state index contributed by atoms with van der Waals surface area (Å²) in [5, 5.41) is 0. The van der Waals surface area contributed by atoms with E-state index in [0.717, 1.165) is 12.8 Å². The predicted octanol–water partition coefficient (Wildman–Crippen LogP) is 2.39. The maximum absolute atomic E-state index is 5.80. The Morgan fingerprint density at radius 1 is 1.25 bits per heavy atom. The maximum Gasteiger partial charge on any atom is 0.00766 e. The van der Waals surface area contributed by atoms with Crippen LogP contribution in [0.25, 0.3) is 0 Å². The van der Waals surface area contributed by atoms with Gasteiger partial charge in [-0.15, -0.1) is 12.4 Å². The molecule has 0 aromatic heterocycles. The molecule has 0 heterocycles. The van der Waals surface area contributed by atoms with Crippen molar-refractivity contribution < 1.29 is 0 Å². The van der Waals surface area contributed by atoms with E-state index in [1.807, 2.05) is 6.07 Å². The van der Waals surface area contributed by atoms with E-state index in [9.17, 15) is 0 Å². The van der Waals surface area contributed by atoms with E-state index in [2.05, 4.69) is 31.2 Å². The summed E-state index contributed by atoms with van der Waals surface area (Å²) in [6.07, 6.45) is 2.05. The molecular weight excluding hydrogens is 170 g/mol. The highest BCUT2D eigenvalue weighted by Gasteiger charge is 1.98. The molecule has 2 heteroatoms. The zero-order chi connectivity index (χ0) is 8.10. The quantitative estimate of drug-likeness (QED) is 0.769. The summed E-state index contributed by atoms with van der Waals surface area (Å²) >= 11 is 0. The van der Waals surface area contributed by atoms with Crippen LogP contribution in [0, 0.1) is 0 Å². The topological polar surface area (TPSA) is 26.0 Å². The normalized spacial score (nSPS) is 11.8. The fourth-order valence-electron chi connectivity index (χ4n) is 1.06. The van der Waals surface area contributed by atoms with Crippen molar-refractivity contribution in [3.8, 4) is 0 Å². The van der Waals surface area contributed by atoms with Gasteiger partial charge < -0.3 is 5.73 Å². The Balaban J connectivity index is 0.00000121. The lowest BCUT2D eigenvalue weighted by molar-refractivity contribution is 0.646. The summed E-state index contributed by atoms with van der Waals surface area (Å²) in [4.78, 5) is 0. The standard InChI is InChI=1S/C10H15N.ClH/c1-2-10(11)8-9-6-4-3-5-7-9;/h3-7,10H,2,8,11H2,1H3;1H/t10-;/m1./s1. The van der Waals surface area contributed by atoms with Crippen molar-refractivity contribution in [3.63, 3.8) is 0 Å². The average molecular weight is 186 g/mol. The highest BCUT2D eigenvalue weighted by Crippen LogP contribution is 2.02. The molecule has 0 aliphatic carbocycles. The Kier molecular flexibility index (Phi) is 5.77. The van der Waals surface area contributed by atoms with Crippen molar-refractivity contribution in [2.24, 2.45) is 5.73 Å². The molecule has 0 fully saturated rings. The molecule has 0 bridgehead atoms. The van der Waals surface area contributed by atoms with Gasteiger partial charge in [-0.2, -0.15) is 0 Å². The SMILES string of the molecule is CC[C@@H](N)Cc1ccccc1.Cl. The molecule has 1 aromatic rings. The predicted molar refractivity (Wildman–Crippen MR) is 55.7 cm³/mol. The number of benzene rings is 1. The van der Waals surface area contributed by atoms with E-state index >= 15 is 0 Å². The Bertz CT molecular complexity index is 198. The van der Waals surface area contributed by atoms with Crippen molar-refractivity contribution in [1.29, 1.82) is 0 Å². The molecule has 68 valence electrons. The number of hydrogen-bond acceptors (Lipinski definition) is 1. The third-order valence-corrected chi connectivity index (χ3v) is 1.87. The van der Waals surface area contributed by atoms with Gasteiger partial charge in [0.2, 0.25) is 0 Å². The third kappa shape index (κ3) is 3.74. The van der Waals surface area contributed by atoms with Gasteiger partial charge in [0, 0.05) is 6.04 Å². The fraction of sp³-hybridized carbons (Fsp3) is 0.400. The van der Waals surface area contributed by atoms with Crippen LogP contribution in [0.3, 0.4) is 0 Å². The molecule has 2 N–H and O–H groups in total. The Morgan fingerprint density at radius 2 is 1.83 bits per heavy atom. The zero-order valence-electron chi connectivity index (χ0n) is 7.36. The van der Waals surface area contributed by atoms with E-state index in [-0.39, 0.29) is 12.4 Å². The molecule has 1 rings (SSSR count). The molecule has 1 aromatic carbocycles. The van der Waals surface area contributed by atoms with Crippen LogP contribution in [0.15, 0.2) is 30.3 Å². The molecule has 0 amide bonds. The highest BCUT2D eigenvalue weighted by atomic mass is 35.5. The molecule has 0 saturated carbocycles. The average Bonchev–Trinajstić information content (AvgIpc) is 2.06. The van der Waals surface area contributed by atoms with Crippen LogP contribution in [0.5, 0.6) is 0 Å². The van der Waals surface area contributed by atoms with Gasteiger partial charge in [0.15, 0.2) is 0 Å². The first-order valence-electron chi connectivity index (χ1n) is 4.12. The van der Waals surface area contributed by atoms with Crippen molar-refractivity contribution in [1.82, 2.24) is 0 Å². The van der Waals surface area contributed by atoms with Crippen LogP contribution in [0.1, 0.15) is 18.9 Å². The van der Waals surface area contributed by atoms with Crippen molar-refractivity contribution in [3.05, 3.63) is 35.9 Å². The van der Waals surface area contributed by atoms with Crippen LogP contribution in [0.2, 0.25) is 0 Å². The summed E-state index contributed by atoms with van der Waals surface area (Å²) in [5.41, 5.74) is 7.14. The molecule has 0 aliphatic rings. The van der Waals surface area contributed by atoms with Gasteiger partial charge in [-0.3, -0.25) is 0 Å². The Hall–Kier alpha value is -0.530. The molecule has 0 spiro atoms. The molecular formula is C10H16ClN. The van der Waals surface area contributed by atoms with Crippen molar-refractivity contribution >= 4 is 12.4 Å². The second-order valence-corrected chi connectivity index (χ2v) is 2.86. The van der Waals surface area contributed by atoms with Gasteiger partial charge in [0.05, 0.1) is 0 Å². The summed E-state index contributed by atoms with van der Waals surface area (Å²) in [7, 11) is 0. The lowest BCUT2D eigenvalue weighted by atomic mass is 10.1. The van der Waals surface area contributed by atoms with Gasteiger partial charge in [0.25, 0.3) is 0 Å². The smallest absolute Gasteiger partial charge is 0.00766 e.